The molecule has 0 amide bonds. The molecule has 0 saturated carbocycles. The zero-order valence-electron chi connectivity index (χ0n) is 13.1. The molecule has 0 aliphatic carbocycles. The predicted octanol–water partition coefficient (Wildman–Crippen LogP) is 3.40. The summed E-state index contributed by atoms with van der Waals surface area (Å²) in [6.45, 7) is 4.42. The predicted molar refractivity (Wildman–Crippen MR) is 90.6 cm³/mol. The second kappa shape index (κ2) is 8.06. The van der Waals surface area contributed by atoms with Gasteiger partial charge in [0.25, 0.3) is 0 Å². The van der Waals surface area contributed by atoms with Gasteiger partial charge in [0.1, 0.15) is 0 Å². The summed E-state index contributed by atoms with van der Waals surface area (Å²) >= 11 is 0. The van der Waals surface area contributed by atoms with Crippen molar-refractivity contribution in [3.8, 4) is 0 Å². The first-order valence-corrected chi connectivity index (χ1v) is 8.31. The monoisotopic (exact) mass is 295 g/mol. The second-order valence-electron chi connectivity index (χ2n) is 6.07. The second-order valence-corrected chi connectivity index (χ2v) is 6.07. The average molecular weight is 295 g/mol. The van der Waals surface area contributed by atoms with Gasteiger partial charge in [0.2, 0.25) is 0 Å². The third-order valence-corrected chi connectivity index (χ3v) is 4.37. The molecule has 0 bridgehead atoms. The Balaban J connectivity index is 1.65. The summed E-state index contributed by atoms with van der Waals surface area (Å²) in [5, 5.41) is 3.72. The van der Waals surface area contributed by atoms with Gasteiger partial charge in [-0.05, 0) is 43.1 Å². The molecule has 3 nitrogen and oxygen atoms in total. The molecular formula is C19H25N3. The van der Waals surface area contributed by atoms with Crippen molar-refractivity contribution in [2.24, 2.45) is 0 Å². The highest BCUT2D eigenvalue weighted by atomic mass is 15.2. The first-order valence-electron chi connectivity index (χ1n) is 8.31. The number of nitrogens with zero attached hydrogens (tertiary/aromatic N) is 2. The summed E-state index contributed by atoms with van der Waals surface area (Å²) < 4.78 is 0. The van der Waals surface area contributed by atoms with E-state index in [-0.39, 0.29) is 0 Å². The summed E-state index contributed by atoms with van der Waals surface area (Å²) in [6, 6.07) is 15.3. The molecule has 3 heteroatoms. The Bertz CT molecular complexity index is 535. The van der Waals surface area contributed by atoms with Gasteiger partial charge in [-0.25, -0.2) is 0 Å². The van der Waals surface area contributed by atoms with E-state index in [1.54, 1.807) is 0 Å². The summed E-state index contributed by atoms with van der Waals surface area (Å²) in [5.74, 6) is 0. The van der Waals surface area contributed by atoms with Crippen molar-refractivity contribution in [1.29, 1.82) is 0 Å². The zero-order valence-corrected chi connectivity index (χ0v) is 13.1. The zero-order chi connectivity index (χ0) is 15.0. The van der Waals surface area contributed by atoms with Crippen LogP contribution in [0.2, 0.25) is 0 Å². The van der Waals surface area contributed by atoms with Gasteiger partial charge >= 0.3 is 0 Å². The van der Waals surface area contributed by atoms with Gasteiger partial charge < -0.3 is 10.2 Å². The lowest BCUT2D eigenvalue weighted by Gasteiger charge is -2.31. The molecule has 0 spiro atoms. The number of piperidine rings is 1. The van der Waals surface area contributed by atoms with Crippen LogP contribution in [-0.4, -0.2) is 29.5 Å². The van der Waals surface area contributed by atoms with E-state index < -0.39 is 0 Å². The minimum atomic E-state index is 0.375. The third kappa shape index (κ3) is 4.39. The van der Waals surface area contributed by atoms with Crippen LogP contribution >= 0.6 is 0 Å². The molecule has 0 radical (unpaired) electrons. The summed E-state index contributed by atoms with van der Waals surface area (Å²) in [6.07, 6.45) is 7.83. The van der Waals surface area contributed by atoms with Crippen molar-refractivity contribution < 1.29 is 0 Å². The number of likely N-dealkylation sites (tertiary alicyclic amines) is 1. The molecule has 1 aromatic carbocycles. The number of rotatable bonds is 6. The first kappa shape index (κ1) is 15.2. The van der Waals surface area contributed by atoms with Crippen molar-refractivity contribution in [3.63, 3.8) is 0 Å². The van der Waals surface area contributed by atoms with Crippen molar-refractivity contribution in [2.45, 2.75) is 31.8 Å². The average Bonchev–Trinajstić information content (AvgIpc) is 2.61. The molecule has 3 rings (SSSR count). The Labute approximate surface area is 133 Å². The number of hydrogen-bond acceptors (Lipinski definition) is 3. The van der Waals surface area contributed by atoms with Crippen LogP contribution in [0, 0.1) is 0 Å². The molecule has 1 N–H and O–H groups in total. The maximum Gasteiger partial charge on any atom is 0.0451 e. The van der Waals surface area contributed by atoms with Gasteiger partial charge in [-0.2, -0.15) is 0 Å². The molecule has 1 aromatic heterocycles. The Hall–Kier alpha value is -1.71. The fourth-order valence-corrected chi connectivity index (χ4v) is 3.12. The quantitative estimate of drug-likeness (QED) is 0.885. The van der Waals surface area contributed by atoms with E-state index in [2.05, 4.69) is 51.6 Å². The van der Waals surface area contributed by atoms with Crippen LogP contribution in [0.3, 0.4) is 0 Å². The van der Waals surface area contributed by atoms with Crippen LogP contribution in [0.4, 0.5) is 0 Å². The Morgan fingerprint density at radius 2 is 1.82 bits per heavy atom. The number of pyridine rings is 1. The molecule has 1 atom stereocenters. The molecule has 1 aliphatic heterocycles. The van der Waals surface area contributed by atoms with E-state index in [1.807, 2.05) is 18.5 Å². The molecule has 2 aromatic rings. The Kier molecular flexibility index (Phi) is 5.57. The van der Waals surface area contributed by atoms with Crippen molar-refractivity contribution in [3.05, 3.63) is 66.0 Å². The van der Waals surface area contributed by atoms with Crippen LogP contribution in [0.25, 0.3) is 0 Å². The van der Waals surface area contributed by atoms with Gasteiger partial charge in [-0.3, -0.25) is 4.98 Å². The summed E-state index contributed by atoms with van der Waals surface area (Å²) in [7, 11) is 0. The number of hydrogen-bond donors (Lipinski definition) is 1. The highest BCUT2D eigenvalue weighted by molar-refractivity contribution is 5.20. The van der Waals surface area contributed by atoms with E-state index >= 15 is 0 Å². The van der Waals surface area contributed by atoms with Gasteiger partial charge in [0, 0.05) is 31.5 Å². The fraction of sp³-hybridized carbons (Fsp3) is 0.421. The third-order valence-electron chi connectivity index (χ3n) is 4.37. The van der Waals surface area contributed by atoms with Crippen LogP contribution in [0.1, 0.15) is 36.4 Å². The maximum absolute atomic E-state index is 4.20. The maximum atomic E-state index is 4.20. The summed E-state index contributed by atoms with van der Waals surface area (Å²) in [5.41, 5.74) is 2.61. The molecule has 1 aliphatic rings. The number of benzene rings is 1. The SMILES string of the molecule is c1ccc([C@@H](CN2CCCCC2)NCc2cccnc2)cc1. The highest BCUT2D eigenvalue weighted by Crippen LogP contribution is 2.18. The first-order chi connectivity index (χ1) is 10.9. The largest absolute Gasteiger partial charge is 0.305 e. The Morgan fingerprint density at radius 1 is 1.00 bits per heavy atom. The van der Waals surface area contributed by atoms with Crippen LogP contribution in [0.15, 0.2) is 54.9 Å². The van der Waals surface area contributed by atoms with Gasteiger partial charge in [0.15, 0.2) is 0 Å². The molecule has 1 saturated heterocycles. The number of nitrogens with one attached hydrogen (secondary N) is 1. The van der Waals surface area contributed by atoms with Crippen molar-refractivity contribution in [2.75, 3.05) is 19.6 Å². The van der Waals surface area contributed by atoms with Gasteiger partial charge in [-0.1, -0.05) is 42.8 Å². The smallest absolute Gasteiger partial charge is 0.0451 e. The molecule has 22 heavy (non-hydrogen) atoms. The number of aromatic nitrogens is 1. The minimum Gasteiger partial charge on any atom is -0.305 e. The molecular weight excluding hydrogens is 270 g/mol. The molecule has 2 heterocycles. The van der Waals surface area contributed by atoms with Crippen LogP contribution in [0.5, 0.6) is 0 Å². The van der Waals surface area contributed by atoms with Gasteiger partial charge in [-0.15, -0.1) is 0 Å². The fourth-order valence-electron chi connectivity index (χ4n) is 3.12. The topological polar surface area (TPSA) is 28.2 Å². The van der Waals surface area contributed by atoms with E-state index in [4.69, 9.17) is 0 Å². The molecule has 116 valence electrons. The minimum absolute atomic E-state index is 0.375. The van der Waals surface area contributed by atoms with Crippen LogP contribution < -0.4 is 5.32 Å². The normalized spacial score (nSPS) is 17.3. The lowest BCUT2D eigenvalue weighted by molar-refractivity contribution is 0.204. The van der Waals surface area contributed by atoms with Crippen molar-refractivity contribution >= 4 is 0 Å². The summed E-state index contributed by atoms with van der Waals surface area (Å²) in [4.78, 5) is 6.80. The van der Waals surface area contributed by atoms with E-state index in [0.717, 1.165) is 13.1 Å². The van der Waals surface area contributed by atoms with E-state index in [1.165, 1.54) is 43.5 Å². The van der Waals surface area contributed by atoms with E-state index in [9.17, 15) is 0 Å². The van der Waals surface area contributed by atoms with Crippen molar-refractivity contribution in [1.82, 2.24) is 15.2 Å². The molecule has 0 unspecified atom stereocenters. The van der Waals surface area contributed by atoms with E-state index in [0.29, 0.717) is 6.04 Å². The lowest BCUT2D eigenvalue weighted by atomic mass is 10.0. The Morgan fingerprint density at radius 3 is 2.55 bits per heavy atom. The standard InChI is InChI=1S/C19H25N3/c1-3-9-18(10-4-1)19(16-22-12-5-2-6-13-22)21-15-17-8-7-11-20-14-17/h1,3-4,7-11,14,19,21H,2,5-6,12-13,15-16H2/t19-/m1/s1. The highest BCUT2D eigenvalue weighted by Gasteiger charge is 2.17. The van der Waals surface area contributed by atoms with Crippen LogP contribution in [-0.2, 0) is 6.54 Å². The lowest BCUT2D eigenvalue weighted by Crippen LogP contribution is -2.38. The molecule has 1 fully saturated rings. The van der Waals surface area contributed by atoms with Gasteiger partial charge in [0.05, 0.1) is 0 Å².